The Kier molecular flexibility index (Phi) is 6.01. The van der Waals surface area contributed by atoms with Crippen LogP contribution in [0.3, 0.4) is 0 Å². The first-order valence-corrected chi connectivity index (χ1v) is 5.77. The Hall–Kier alpha value is -2.06. The Morgan fingerprint density at radius 2 is 1.60 bits per heavy atom. The van der Waals surface area contributed by atoms with E-state index in [2.05, 4.69) is 0 Å². The average Bonchev–Trinajstić information content (AvgIpc) is 2.42. The van der Waals surface area contributed by atoms with Gasteiger partial charge in [-0.15, -0.1) is 0 Å². The van der Waals surface area contributed by atoms with Crippen molar-refractivity contribution in [2.24, 2.45) is 0 Å². The van der Waals surface area contributed by atoms with Gasteiger partial charge in [0.05, 0.1) is 13.2 Å². The maximum Gasteiger partial charge on any atom is 0.314 e. The van der Waals surface area contributed by atoms with Crippen molar-refractivity contribution >= 4 is 17.5 Å². The minimum absolute atomic E-state index is 0.174. The Balaban J connectivity index is 2.81. The monoisotopic (exact) mass is 288 g/mol. The van der Waals surface area contributed by atoms with Gasteiger partial charge in [0.15, 0.2) is 0 Å². The zero-order valence-corrected chi connectivity index (χ0v) is 10.5. The summed E-state index contributed by atoms with van der Waals surface area (Å²) in [5.41, 5.74) is -0.723. The fourth-order valence-electron chi connectivity index (χ4n) is 1.48. The number of nitrogens with one attached hydrogen (secondary N) is 1. The zero-order chi connectivity index (χ0) is 15.1. The molecule has 3 N–H and O–H groups in total. The lowest BCUT2D eigenvalue weighted by Crippen LogP contribution is -2.42. The molecule has 0 aromatic heterocycles. The van der Waals surface area contributed by atoms with Crippen molar-refractivity contribution in [2.45, 2.75) is 0 Å². The van der Waals surface area contributed by atoms with Gasteiger partial charge in [0, 0.05) is 13.1 Å². The van der Waals surface area contributed by atoms with Crippen LogP contribution in [0, 0.1) is 11.6 Å². The van der Waals surface area contributed by atoms with Crippen LogP contribution in [0.4, 0.5) is 14.5 Å². The minimum Gasteiger partial charge on any atom is -0.395 e. The molecule has 0 saturated carbocycles. The van der Waals surface area contributed by atoms with Crippen molar-refractivity contribution in [2.75, 3.05) is 31.6 Å². The quantitative estimate of drug-likeness (QED) is 0.650. The third-order valence-electron chi connectivity index (χ3n) is 2.42. The second kappa shape index (κ2) is 7.51. The van der Waals surface area contributed by atoms with Crippen LogP contribution in [0.2, 0.25) is 0 Å². The maximum absolute atomic E-state index is 13.3. The summed E-state index contributed by atoms with van der Waals surface area (Å²) >= 11 is 0. The molecule has 0 bridgehead atoms. The number of aliphatic hydroxyl groups is 2. The second-order valence-corrected chi connectivity index (χ2v) is 3.79. The van der Waals surface area contributed by atoms with Crippen LogP contribution >= 0.6 is 0 Å². The number of carbonyl (C=O) groups excluding carboxylic acids is 2. The molecule has 1 rings (SSSR count). The molecule has 6 nitrogen and oxygen atoms in total. The Morgan fingerprint density at radius 3 is 2.05 bits per heavy atom. The number of rotatable bonds is 5. The van der Waals surface area contributed by atoms with E-state index in [1.54, 1.807) is 0 Å². The van der Waals surface area contributed by atoms with Gasteiger partial charge in [-0.05, 0) is 12.1 Å². The Morgan fingerprint density at radius 1 is 1.10 bits per heavy atom. The van der Waals surface area contributed by atoms with Crippen LogP contribution in [0.25, 0.3) is 0 Å². The Bertz CT molecular complexity index is 470. The lowest BCUT2D eigenvalue weighted by molar-refractivity contribution is -0.143. The summed E-state index contributed by atoms with van der Waals surface area (Å²) in [6.07, 6.45) is 0. The van der Waals surface area contributed by atoms with Gasteiger partial charge in [-0.1, -0.05) is 6.07 Å². The molecule has 0 fully saturated rings. The van der Waals surface area contributed by atoms with Crippen molar-refractivity contribution in [3.8, 4) is 0 Å². The van der Waals surface area contributed by atoms with E-state index >= 15 is 0 Å². The summed E-state index contributed by atoms with van der Waals surface area (Å²) in [6, 6.07) is 2.98. The molecule has 8 heteroatoms. The molecule has 0 radical (unpaired) electrons. The molecule has 110 valence electrons. The second-order valence-electron chi connectivity index (χ2n) is 3.79. The van der Waals surface area contributed by atoms with Crippen molar-refractivity contribution in [1.29, 1.82) is 0 Å². The van der Waals surface area contributed by atoms with E-state index in [1.165, 1.54) is 0 Å². The molecule has 0 atom stereocenters. The molecule has 2 amide bonds. The molecular weight excluding hydrogens is 274 g/mol. The Labute approximate surface area is 113 Å². The van der Waals surface area contributed by atoms with Crippen LogP contribution in [-0.4, -0.2) is 53.2 Å². The van der Waals surface area contributed by atoms with Gasteiger partial charge in [-0.2, -0.15) is 0 Å². The van der Waals surface area contributed by atoms with E-state index in [4.69, 9.17) is 10.2 Å². The zero-order valence-electron chi connectivity index (χ0n) is 10.5. The number of hydrogen-bond acceptors (Lipinski definition) is 4. The molecule has 0 heterocycles. The van der Waals surface area contributed by atoms with Crippen molar-refractivity contribution in [1.82, 2.24) is 4.90 Å². The highest BCUT2D eigenvalue weighted by Gasteiger charge is 2.23. The topological polar surface area (TPSA) is 89.9 Å². The first kappa shape index (κ1) is 16.0. The van der Waals surface area contributed by atoms with Crippen LogP contribution in [0.15, 0.2) is 18.2 Å². The summed E-state index contributed by atoms with van der Waals surface area (Å²) in [5.74, 6) is -4.38. The number of amides is 2. The van der Waals surface area contributed by atoms with Crippen molar-refractivity contribution < 1.29 is 28.6 Å². The molecule has 1 aromatic carbocycles. The molecule has 0 aliphatic heterocycles. The van der Waals surface area contributed by atoms with E-state index < -0.39 is 42.3 Å². The predicted octanol–water partition coefficient (Wildman–Crippen LogP) is -0.284. The first-order valence-electron chi connectivity index (χ1n) is 5.77. The van der Waals surface area contributed by atoms with Gasteiger partial charge >= 0.3 is 11.8 Å². The van der Waals surface area contributed by atoms with Gasteiger partial charge in [0.25, 0.3) is 0 Å². The molecule has 0 unspecified atom stereocenters. The summed E-state index contributed by atoms with van der Waals surface area (Å²) in [4.78, 5) is 24.2. The number of para-hydroxylation sites is 1. The average molecular weight is 288 g/mol. The number of nitrogens with zero attached hydrogens (tertiary/aromatic N) is 1. The number of aliphatic hydroxyl groups excluding tert-OH is 2. The summed E-state index contributed by atoms with van der Waals surface area (Å²) in [7, 11) is 0. The fourth-order valence-corrected chi connectivity index (χ4v) is 1.48. The number of carbonyl (C=O) groups is 2. The first-order chi connectivity index (χ1) is 9.51. The smallest absolute Gasteiger partial charge is 0.314 e. The molecule has 0 aliphatic rings. The third-order valence-corrected chi connectivity index (χ3v) is 2.42. The predicted molar refractivity (Wildman–Crippen MR) is 65.7 cm³/mol. The van der Waals surface area contributed by atoms with Gasteiger partial charge < -0.3 is 20.4 Å². The van der Waals surface area contributed by atoms with Crippen LogP contribution < -0.4 is 5.32 Å². The lowest BCUT2D eigenvalue weighted by Gasteiger charge is -2.19. The van der Waals surface area contributed by atoms with Gasteiger partial charge in [0.1, 0.15) is 17.3 Å². The summed E-state index contributed by atoms with van der Waals surface area (Å²) in [6.45, 7) is -1.17. The van der Waals surface area contributed by atoms with Crippen molar-refractivity contribution in [3.63, 3.8) is 0 Å². The SMILES string of the molecule is O=C(Nc1c(F)cccc1F)C(=O)N(CCO)CCO. The van der Waals surface area contributed by atoms with E-state index in [0.717, 1.165) is 23.1 Å². The maximum atomic E-state index is 13.3. The molecule has 20 heavy (non-hydrogen) atoms. The van der Waals surface area contributed by atoms with E-state index in [-0.39, 0.29) is 13.1 Å². The van der Waals surface area contributed by atoms with Crippen LogP contribution in [0.1, 0.15) is 0 Å². The molecule has 0 saturated heterocycles. The van der Waals surface area contributed by atoms with Crippen LogP contribution in [0.5, 0.6) is 0 Å². The summed E-state index contributed by atoms with van der Waals surface area (Å²) in [5, 5.41) is 19.3. The molecular formula is C12H14F2N2O4. The lowest BCUT2D eigenvalue weighted by atomic mass is 10.3. The fraction of sp³-hybridized carbons (Fsp3) is 0.333. The standard InChI is InChI=1S/C12H14F2N2O4/c13-8-2-1-3-9(14)10(8)15-11(19)12(20)16(4-6-17)5-7-18/h1-3,17-18H,4-7H2,(H,15,19). The van der Waals surface area contributed by atoms with Gasteiger partial charge in [-0.3, -0.25) is 9.59 Å². The van der Waals surface area contributed by atoms with E-state index in [1.807, 2.05) is 5.32 Å². The largest absolute Gasteiger partial charge is 0.395 e. The van der Waals surface area contributed by atoms with Gasteiger partial charge in [0.2, 0.25) is 0 Å². The highest BCUT2D eigenvalue weighted by Crippen LogP contribution is 2.17. The highest BCUT2D eigenvalue weighted by molar-refractivity contribution is 6.39. The van der Waals surface area contributed by atoms with Crippen molar-refractivity contribution in [3.05, 3.63) is 29.8 Å². The molecule has 1 aromatic rings. The van der Waals surface area contributed by atoms with E-state index in [9.17, 15) is 18.4 Å². The van der Waals surface area contributed by atoms with Gasteiger partial charge in [-0.25, -0.2) is 8.78 Å². The highest BCUT2D eigenvalue weighted by atomic mass is 19.1. The number of anilines is 1. The van der Waals surface area contributed by atoms with E-state index in [0.29, 0.717) is 0 Å². The molecule has 0 spiro atoms. The third kappa shape index (κ3) is 3.97. The minimum atomic E-state index is -1.25. The molecule has 0 aliphatic carbocycles. The normalized spacial score (nSPS) is 10.2. The summed E-state index contributed by atoms with van der Waals surface area (Å²) < 4.78 is 26.6. The van der Waals surface area contributed by atoms with Crippen LogP contribution in [-0.2, 0) is 9.59 Å². The number of hydrogen-bond donors (Lipinski definition) is 3. The number of halogens is 2. The number of benzene rings is 1.